The highest BCUT2D eigenvalue weighted by Gasteiger charge is 2.05. The average molecular weight is 229 g/mol. The van der Waals surface area contributed by atoms with Gasteiger partial charge in [0.05, 0.1) is 12.7 Å². The molecule has 0 spiro atoms. The van der Waals surface area contributed by atoms with Crippen LogP contribution in [0.4, 0.5) is 0 Å². The summed E-state index contributed by atoms with van der Waals surface area (Å²) in [5.74, 6) is -0.406. The van der Waals surface area contributed by atoms with Gasteiger partial charge in [-0.3, -0.25) is 0 Å². The van der Waals surface area contributed by atoms with Crippen LogP contribution in [-0.2, 0) is 0 Å². The van der Waals surface area contributed by atoms with Gasteiger partial charge in [-0.05, 0) is 23.8 Å². The largest absolute Gasteiger partial charge is 0.481 e. The van der Waals surface area contributed by atoms with Crippen LogP contribution in [-0.4, -0.2) is 23.2 Å². The number of pyridine rings is 1. The number of nitrogens with zero attached hydrogens (tertiary/aromatic N) is 1. The molecule has 0 radical (unpaired) electrons. The van der Waals surface area contributed by atoms with Crippen molar-refractivity contribution in [2.75, 3.05) is 7.11 Å². The lowest BCUT2D eigenvalue weighted by atomic mass is 10.1. The van der Waals surface area contributed by atoms with Crippen molar-refractivity contribution >= 4 is 5.97 Å². The number of carbonyl (C=O) groups is 1. The maximum atomic E-state index is 10.8. The van der Waals surface area contributed by atoms with Gasteiger partial charge in [-0.2, -0.15) is 0 Å². The summed E-state index contributed by atoms with van der Waals surface area (Å²) < 4.78 is 4.96. The fourth-order valence-corrected chi connectivity index (χ4v) is 1.50. The van der Waals surface area contributed by atoms with Crippen LogP contribution in [0.1, 0.15) is 10.4 Å². The summed E-state index contributed by atoms with van der Waals surface area (Å²) in [4.78, 5) is 14.9. The van der Waals surface area contributed by atoms with Crippen molar-refractivity contribution < 1.29 is 14.6 Å². The number of carboxylic acids is 1. The van der Waals surface area contributed by atoms with E-state index in [2.05, 4.69) is 4.98 Å². The van der Waals surface area contributed by atoms with Crippen LogP contribution in [0.5, 0.6) is 5.88 Å². The predicted molar refractivity (Wildman–Crippen MR) is 63.2 cm³/mol. The number of hydrogen-bond acceptors (Lipinski definition) is 3. The van der Waals surface area contributed by atoms with Gasteiger partial charge in [0.25, 0.3) is 0 Å². The molecule has 4 nitrogen and oxygen atoms in total. The van der Waals surface area contributed by atoms with Crippen molar-refractivity contribution in [3.63, 3.8) is 0 Å². The molecule has 2 aromatic rings. The lowest BCUT2D eigenvalue weighted by molar-refractivity contribution is 0.0697. The zero-order chi connectivity index (χ0) is 12.3. The Bertz CT molecular complexity index is 535. The van der Waals surface area contributed by atoms with Crippen molar-refractivity contribution in [2.45, 2.75) is 0 Å². The van der Waals surface area contributed by atoms with Crippen LogP contribution in [0.25, 0.3) is 11.1 Å². The number of aromatic carboxylic acids is 1. The van der Waals surface area contributed by atoms with Gasteiger partial charge in [-0.25, -0.2) is 9.78 Å². The SMILES string of the molecule is COc1ccc(-c2cccc(C(=O)O)c2)cn1. The second-order valence-corrected chi connectivity index (χ2v) is 3.48. The van der Waals surface area contributed by atoms with E-state index in [9.17, 15) is 4.79 Å². The molecule has 0 bridgehead atoms. The van der Waals surface area contributed by atoms with E-state index in [4.69, 9.17) is 9.84 Å². The molecule has 1 aromatic heterocycles. The van der Waals surface area contributed by atoms with Crippen LogP contribution in [0.3, 0.4) is 0 Å². The van der Waals surface area contributed by atoms with Crippen molar-refractivity contribution in [3.05, 3.63) is 48.2 Å². The Hall–Kier alpha value is -2.36. The molecule has 0 aliphatic heterocycles. The lowest BCUT2D eigenvalue weighted by Crippen LogP contribution is -1.95. The number of methoxy groups -OCH3 is 1. The molecular weight excluding hydrogens is 218 g/mol. The first kappa shape index (κ1) is 11.1. The van der Waals surface area contributed by atoms with Crippen LogP contribution in [0.2, 0.25) is 0 Å². The van der Waals surface area contributed by atoms with Gasteiger partial charge >= 0.3 is 5.97 Å². The Labute approximate surface area is 98.5 Å². The Morgan fingerprint density at radius 3 is 2.65 bits per heavy atom. The molecule has 0 unspecified atom stereocenters. The number of ether oxygens (including phenoxy) is 1. The molecule has 1 aromatic carbocycles. The molecule has 17 heavy (non-hydrogen) atoms. The fourth-order valence-electron chi connectivity index (χ4n) is 1.50. The zero-order valence-electron chi connectivity index (χ0n) is 9.25. The molecule has 0 aliphatic carbocycles. The van der Waals surface area contributed by atoms with E-state index in [-0.39, 0.29) is 5.56 Å². The lowest BCUT2D eigenvalue weighted by Gasteiger charge is -2.03. The first-order valence-electron chi connectivity index (χ1n) is 5.04. The third-order valence-electron chi connectivity index (χ3n) is 2.39. The minimum absolute atomic E-state index is 0.262. The molecule has 86 valence electrons. The molecule has 0 aliphatic rings. The summed E-state index contributed by atoms with van der Waals surface area (Å²) in [6, 6.07) is 10.3. The highest BCUT2D eigenvalue weighted by Crippen LogP contribution is 2.21. The highest BCUT2D eigenvalue weighted by molar-refractivity contribution is 5.89. The van der Waals surface area contributed by atoms with E-state index in [0.717, 1.165) is 11.1 Å². The van der Waals surface area contributed by atoms with E-state index in [1.165, 1.54) is 0 Å². The summed E-state index contributed by atoms with van der Waals surface area (Å²) in [5.41, 5.74) is 1.94. The zero-order valence-corrected chi connectivity index (χ0v) is 9.25. The normalized spacial score (nSPS) is 9.94. The molecule has 0 saturated carbocycles. The van der Waals surface area contributed by atoms with Crippen molar-refractivity contribution in [1.82, 2.24) is 4.98 Å². The quantitative estimate of drug-likeness (QED) is 0.878. The Balaban J connectivity index is 2.38. The summed E-state index contributed by atoms with van der Waals surface area (Å²) in [6.45, 7) is 0. The van der Waals surface area contributed by atoms with Crippen molar-refractivity contribution in [1.29, 1.82) is 0 Å². The van der Waals surface area contributed by atoms with Gasteiger partial charge in [0.1, 0.15) is 0 Å². The van der Waals surface area contributed by atoms with E-state index < -0.39 is 5.97 Å². The minimum atomic E-state index is -0.937. The van der Waals surface area contributed by atoms with Crippen LogP contribution in [0, 0.1) is 0 Å². The number of benzene rings is 1. The standard InChI is InChI=1S/C13H11NO3/c1-17-12-6-5-11(8-14-12)9-3-2-4-10(7-9)13(15)16/h2-8H,1H3,(H,15,16). The predicted octanol–water partition coefficient (Wildman–Crippen LogP) is 2.46. The molecule has 1 heterocycles. The van der Waals surface area contributed by atoms with Gasteiger partial charge in [-0.1, -0.05) is 12.1 Å². The fraction of sp³-hybridized carbons (Fsp3) is 0.0769. The minimum Gasteiger partial charge on any atom is -0.481 e. The maximum absolute atomic E-state index is 10.8. The van der Waals surface area contributed by atoms with Crippen LogP contribution >= 0.6 is 0 Å². The second kappa shape index (κ2) is 4.65. The van der Waals surface area contributed by atoms with Gasteiger partial charge in [0.15, 0.2) is 0 Å². The number of rotatable bonds is 3. The molecule has 0 fully saturated rings. The summed E-state index contributed by atoms with van der Waals surface area (Å²) in [5, 5.41) is 8.90. The highest BCUT2D eigenvalue weighted by atomic mass is 16.5. The molecule has 0 saturated heterocycles. The molecule has 2 rings (SSSR count). The van der Waals surface area contributed by atoms with Crippen molar-refractivity contribution in [2.24, 2.45) is 0 Å². The Kier molecular flexibility index (Phi) is 3.05. The number of hydrogen-bond donors (Lipinski definition) is 1. The van der Waals surface area contributed by atoms with Crippen molar-refractivity contribution in [3.8, 4) is 17.0 Å². The first-order chi connectivity index (χ1) is 8.20. The first-order valence-corrected chi connectivity index (χ1v) is 5.04. The smallest absolute Gasteiger partial charge is 0.335 e. The third-order valence-corrected chi connectivity index (χ3v) is 2.39. The molecular formula is C13H11NO3. The topological polar surface area (TPSA) is 59.4 Å². The summed E-state index contributed by atoms with van der Waals surface area (Å²) in [6.07, 6.45) is 1.65. The van der Waals surface area contributed by atoms with E-state index in [1.807, 2.05) is 12.1 Å². The van der Waals surface area contributed by atoms with Crippen LogP contribution in [0.15, 0.2) is 42.6 Å². The molecule has 0 amide bonds. The summed E-state index contributed by atoms with van der Waals surface area (Å²) >= 11 is 0. The van der Waals surface area contributed by atoms with E-state index in [0.29, 0.717) is 5.88 Å². The number of carboxylic acid groups (broad SMARTS) is 1. The van der Waals surface area contributed by atoms with Gasteiger partial charge in [0.2, 0.25) is 5.88 Å². The number of aromatic nitrogens is 1. The second-order valence-electron chi connectivity index (χ2n) is 3.48. The monoisotopic (exact) mass is 229 g/mol. The Morgan fingerprint density at radius 1 is 1.24 bits per heavy atom. The van der Waals surface area contributed by atoms with E-state index in [1.54, 1.807) is 37.6 Å². The molecule has 1 N–H and O–H groups in total. The molecule has 0 atom stereocenters. The van der Waals surface area contributed by atoms with Gasteiger partial charge in [-0.15, -0.1) is 0 Å². The van der Waals surface area contributed by atoms with Gasteiger partial charge in [0, 0.05) is 17.8 Å². The van der Waals surface area contributed by atoms with E-state index >= 15 is 0 Å². The average Bonchev–Trinajstić information content (AvgIpc) is 2.39. The third kappa shape index (κ3) is 2.42. The Morgan fingerprint density at radius 2 is 2.06 bits per heavy atom. The maximum Gasteiger partial charge on any atom is 0.335 e. The summed E-state index contributed by atoms with van der Waals surface area (Å²) in [7, 11) is 1.55. The van der Waals surface area contributed by atoms with Gasteiger partial charge < -0.3 is 9.84 Å². The molecule has 4 heteroatoms. The van der Waals surface area contributed by atoms with Crippen LogP contribution < -0.4 is 4.74 Å².